The molecule has 3 aromatic heterocycles. The lowest BCUT2D eigenvalue weighted by atomic mass is 9.90. The van der Waals surface area contributed by atoms with Crippen molar-refractivity contribution in [3.8, 4) is 0 Å². The molecule has 11 heteroatoms. The second kappa shape index (κ2) is 9.05. The zero-order valence-corrected chi connectivity index (χ0v) is 18.9. The van der Waals surface area contributed by atoms with E-state index in [0.717, 1.165) is 19.3 Å². The van der Waals surface area contributed by atoms with Gasteiger partial charge >= 0.3 is 0 Å². The topological polar surface area (TPSA) is 126 Å². The molecule has 0 bridgehead atoms. The van der Waals surface area contributed by atoms with Crippen LogP contribution in [-0.4, -0.2) is 55.5 Å². The monoisotopic (exact) mass is 469 g/mol. The fraction of sp³-hybridized carbons (Fsp3) is 0.478. The van der Waals surface area contributed by atoms with E-state index in [1.165, 1.54) is 10.7 Å². The first-order chi connectivity index (χ1) is 16.5. The Hall–Kier alpha value is -3.47. The van der Waals surface area contributed by atoms with Crippen LogP contribution in [-0.2, 0) is 0 Å². The largest absolute Gasteiger partial charge is 0.391 e. The number of anilines is 3. The van der Waals surface area contributed by atoms with Gasteiger partial charge in [-0.05, 0) is 37.8 Å². The molecular weight excluding hydrogens is 441 g/mol. The van der Waals surface area contributed by atoms with Gasteiger partial charge in [0.15, 0.2) is 5.65 Å². The molecular formula is C23H28FN7O3. The quantitative estimate of drug-likeness (QED) is 0.437. The van der Waals surface area contributed by atoms with Gasteiger partial charge in [-0.15, -0.1) is 0 Å². The fourth-order valence-corrected chi connectivity index (χ4v) is 4.65. The highest BCUT2D eigenvalue weighted by atomic mass is 19.1. The molecule has 0 aliphatic heterocycles. The standard InChI is InChI=1S/C23H28FN7O3/c1-25-20-11-19(27-16-5-4-10-30(23(16)34)17-6-2-3-7-18(17)32)29-21-13(12-26-31(20)21)22(33)28-15-9-8-14(15)24/h4-5,10-12,14-15,17-18,25,32H,2-3,6-9H2,1H3,(H,27,29)(H,28,33)/t14-,15-,17-,18+/m1/s1. The van der Waals surface area contributed by atoms with Crippen LogP contribution in [0.25, 0.3) is 5.65 Å². The number of carbonyl (C=O) groups is 1. The number of aromatic nitrogens is 4. The molecule has 0 radical (unpaired) electrons. The molecule has 2 aliphatic rings. The van der Waals surface area contributed by atoms with Crippen LogP contribution in [0.1, 0.15) is 54.9 Å². The van der Waals surface area contributed by atoms with Crippen molar-refractivity contribution < 1.29 is 14.3 Å². The summed E-state index contributed by atoms with van der Waals surface area (Å²) in [6.07, 6.45) is 5.88. The number of aliphatic hydroxyl groups is 1. The van der Waals surface area contributed by atoms with Gasteiger partial charge in [-0.2, -0.15) is 9.61 Å². The molecule has 3 aromatic rings. The molecule has 0 unspecified atom stereocenters. The van der Waals surface area contributed by atoms with Crippen LogP contribution in [0.5, 0.6) is 0 Å². The third-order valence-electron chi connectivity index (χ3n) is 6.77. The highest BCUT2D eigenvalue weighted by Crippen LogP contribution is 2.28. The van der Waals surface area contributed by atoms with Gasteiger partial charge in [0, 0.05) is 19.3 Å². The Morgan fingerprint density at radius 2 is 2.06 bits per heavy atom. The summed E-state index contributed by atoms with van der Waals surface area (Å²) < 4.78 is 16.7. The minimum absolute atomic E-state index is 0.218. The lowest BCUT2D eigenvalue weighted by molar-refractivity contribution is 0.0739. The van der Waals surface area contributed by atoms with Gasteiger partial charge < -0.3 is 25.6 Å². The van der Waals surface area contributed by atoms with Gasteiger partial charge in [0.2, 0.25) is 0 Å². The third-order valence-corrected chi connectivity index (χ3v) is 6.77. The van der Waals surface area contributed by atoms with E-state index in [1.807, 2.05) is 0 Å². The normalized spacial score (nSPS) is 24.4. The molecule has 34 heavy (non-hydrogen) atoms. The number of hydrogen-bond acceptors (Lipinski definition) is 7. The first-order valence-corrected chi connectivity index (χ1v) is 11.6. The molecule has 2 fully saturated rings. The molecule has 4 N–H and O–H groups in total. The minimum Gasteiger partial charge on any atom is -0.391 e. The average Bonchev–Trinajstić information content (AvgIpc) is 3.27. The second-order valence-corrected chi connectivity index (χ2v) is 8.92. The number of carbonyl (C=O) groups excluding carboxylic acids is 1. The van der Waals surface area contributed by atoms with E-state index in [9.17, 15) is 19.1 Å². The summed E-state index contributed by atoms with van der Waals surface area (Å²) in [6.45, 7) is 0. The number of rotatable bonds is 6. The number of fused-ring (bicyclic) bond motifs is 1. The van der Waals surface area contributed by atoms with E-state index in [4.69, 9.17) is 0 Å². The molecule has 0 spiro atoms. The molecule has 4 atom stereocenters. The number of pyridine rings is 1. The summed E-state index contributed by atoms with van der Waals surface area (Å²) in [7, 11) is 1.71. The number of aliphatic hydroxyl groups excluding tert-OH is 1. The molecule has 10 nitrogen and oxygen atoms in total. The number of alkyl halides is 1. The van der Waals surface area contributed by atoms with Gasteiger partial charge in [-0.25, -0.2) is 9.37 Å². The zero-order valence-electron chi connectivity index (χ0n) is 18.9. The van der Waals surface area contributed by atoms with Crippen molar-refractivity contribution in [1.82, 2.24) is 24.5 Å². The van der Waals surface area contributed by atoms with Gasteiger partial charge in [0.25, 0.3) is 11.5 Å². The maximum Gasteiger partial charge on any atom is 0.274 e. The van der Waals surface area contributed by atoms with Crippen molar-refractivity contribution in [2.24, 2.45) is 0 Å². The van der Waals surface area contributed by atoms with Crippen LogP contribution in [0.4, 0.5) is 21.7 Å². The SMILES string of the molecule is CNc1cc(Nc2cccn([C@@H]3CCCC[C@@H]3O)c2=O)nc2c(C(=O)N[C@@H]3CC[C@H]3F)cnn12. The van der Waals surface area contributed by atoms with E-state index in [-0.39, 0.29) is 22.8 Å². The molecule has 2 aliphatic carbocycles. The number of amides is 1. The van der Waals surface area contributed by atoms with Gasteiger partial charge in [0.05, 0.1) is 24.4 Å². The number of halogens is 1. The van der Waals surface area contributed by atoms with Crippen LogP contribution < -0.4 is 21.5 Å². The van der Waals surface area contributed by atoms with Crippen LogP contribution >= 0.6 is 0 Å². The molecule has 3 heterocycles. The number of hydrogen-bond donors (Lipinski definition) is 4. The lowest BCUT2D eigenvalue weighted by Crippen LogP contribution is -2.48. The van der Waals surface area contributed by atoms with E-state index in [1.54, 1.807) is 36.0 Å². The van der Waals surface area contributed by atoms with E-state index in [2.05, 4.69) is 26.0 Å². The Labute approximate surface area is 195 Å². The summed E-state index contributed by atoms with van der Waals surface area (Å²) in [5, 5.41) is 23.4. The Kier molecular flexibility index (Phi) is 5.94. The number of nitrogens with one attached hydrogen (secondary N) is 3. The maximum atomic E-state index is 13.6. The predicted octanol–water partition coefficient (Wildman–Crippen LogP) is 2.38. The van der Waals surface area contributed by atoms with Gasteiger partial charge in [0.1, 0.15) is 29.1 Å². The highest BCUT2D eigenvalue weighted by molar-refractivity contribution is 6.00. The Bertz CT molecular complexity index is 1270. The fourth-order valence-electron chi connectivity index (χ4n) is 4.65. The molecule has 1 amide bonds. The summed E-state index contributed by atoms with van der Waals surface area (Å²) in [6, 6.07) is 4.33. The van der Waals surface area contributed by atoms with E-state index in [0.29, 0.717) is 36.6 Å². The second-order valence-electron chi connectivity index (χ2n) is 8.92. The van der Waals surface area contributed by atoms with E-state index >= 15 is 0 Å². The minimum atomic E-state index is -1.04. The summed E-state index contributed by atoms with van der Waals surface area (Å²) in [4.78, 5) is 30.5. The third kappa shape index (κ3) is 4.00. The van der Waals surface area contributed by atoms with Gasteiger partial charge in [-0.3, -0.25) is 9.59 Å². The Balaban J connectivity index is 1.47. The number of nitrogens with zero attached hydrogens (tertiary/aromatic N) is 4. The Morgan fingerprint density at radius 1 is 1.24 bits per heavy atom. The van der Waals surface area contributed by atoms with Crippen molar-refractivity contribution >= 4 is 28.9 Å². The molecule has 180 valence electrons. The van der Waals surface area contributed by atoms with Crippen LogP contribution in [0.3, 0.4) is 0 Å². The van der Waals surface area contributed by atoms with Crippen molar-refractivity contribution in [1.29, 1.82) is 0 Å². The van der Waals surface area contributed by atoms with Crippen LogP contribution in [0.2, 0.25) is 0 Å². The first kappa shape index (κ1) is 22.3. The van der Waals surface area contributed by atoms with Gasteiger partial charge in [-0.1, -0.05) is 12.8 Å². The smallest absolute Gasteiger partial charge is 0.274 e. The Morgan fingerprint density at radius 3 is 2.76 bits per heavy atom. The van der Waals surface area contributed by atoms with E-state index < -0.39 is 24.2 Å². The van der Waals surface area contributed by atoms with Crippen molar-refractivity contribution in [2.75, 3.05) is 17.7 Å². The predicted molar refractivity (Wildman–Crippen MR) is 125 cm³/mol. The summed E-state index contributed by atoms with van der Waals surface area (Å²) in [5.41, 5.74) is 0.543. The molecule has 2 saturated carbocycles. The van der Waals surface area contributed by atoms with Crippen LogP contribution in [0.15, 0.2) is 35.4 Å². The highest BCUT2D eigenvalue weighted by Gasteiger charge is 2.33. The summed E-state index contributed by atoms with van der Waals surface area (Å²) >= 11 is 0. The van der Waals surface area contributed by atoms with Crippen molar-refractivity contribution in [2.45, 2.75) is 62.9 Å². The van der Waals surface area contributed by atoms with Crippen LogP contribution in [0, 0.1) is 0 Å². The molecule has 0 saturated heterocycles. The van der Waals surface area contributed by atoms with Crippen molar-refractivity contribution in [3.63, 3.8) is 0 Å². The lowest BCUT2D eigenvalue weighted by Gasteiger charge is -2.30. The zero-order chi connectivity index (χ0) is 23.8. The average molecular weight is 470 g/mol. The summed E-state index contributed by atoms with van der Waals surface area (Å²) in [5.74, 6) is 0.456. The maximum absolute atomic E-state index is 13.6. The molecule has 5 rings (SSSR count). The van der Waals surface area contributed by atoms with Crippen molar-refractivity contribution in [3.05, 3.63) is 46.5 Å². The molecule has 0 aromatic carbocycles. The first-order valence-electron chi connectivity index (χ1n) is 11.6.